The highest BCUT2D eigenvalue weighted by Crippen LogP contribution is 2.23. The van der Waals surface area contributed by atoms with Gasteiger partial charge in [-0.15, -0.1) is 0 Å². The van der Waals surface area contributed by atoms with Crippen molar-refractivity contribution in [3.8, 4) is 5.75 Å². The molecule has 19 heavy (non-hydrogen) atoms. The minimum absolute atomic E-state index is 0.00215. The number of carbonyl (C=O) groups excluding carboxylic acids is 1. The first-order valence-electron chi connectivity index (χ1n) is 5.97. The summed E-state index contributed by atoms with van der Waals surface area (Å²) in [4.78, 5) is 11.5. The van der Waals surface area contributed by atoms with Gasteiger partial charge in [-0.2, -0.15) is 5.10 Å². The summed E-state index contributed by atoms with van der Waals surface area (Å²) in [6.07, 6.45) is 4.54. The lowest BCUT2D eigenvalue weighted by atomic mass is 10.1. The van der Waals surface area contributed by atoms with Crippen LogP contribution in [0.2, 0.25) is 0 Å². The van der Waals surface area contributed by atoms with Crippen molar-refractivity contribution in [1.82, 2.24) is 9.78 Å². The number of ether oxygens (including phenoxy) is 1. The standard InChI is InChI=1S/C14H15BrN2O2/c1-10(18)13-7-12(15)3-4-14(13)19-6-5-11-8-16-17(2)9-11/h3-4,7-9H,5-6H2,1-2H3. The zero-order valence-corrected chi connectivity index (χ0v) is 12.5. The first-order valence-corrected chi connectivity index (χ1v) is 6.76. The molecule has 2 aromatic rings. The number of Topliss-reactive ketones (excluding diaryl/α,β-unsaturated/α-hetero) is 1. The Morgan fingerprint density at radius 3 is 2.89 bits per heavy atom. The third-order valence-corrected chi connectivity index (χ3v) is 3.22. The molecule has 0 saturated carbocycles. The van der Waals surface area contributed by atoms with Crippen LogP contribution in [0, 0.1) is 0 Å². The van der Waals surface area contributed by atoms with Gasteiger partial charge in [0.25, 0.3) is 0 Å². The molecule has 0 atom stereocenters. The van der Waals surface area contributed by atoms with Gasteiger partial charge in [0.05, 0.1) is 18.4 Å². The van der Waals surface area contributed by atoms with Gasteiger partial charge in [-0.05, 0) is 30.7 Å². The summed E-state index contributed by atoms with van der Waals surface area (Å²) >= 11 is 3.35. The maximum absolute atomic E-state index is 11.5. The van der Waals surface area contributed by atoms with Gasteiger partial charge in [-0.1, -0.05) is 15.9 Å². The lowest BCUT2D eigenvalue weighted by Crippen LogP contribution is -2.05. The molecular weight excluding hydrogens is 308 g/mol. The molecule has 0 aliphatic carbocycles. The van der Waals surface area contributed by atoms with Crippen molar-refractivity contribution < 1.29 is 9.53 Å². The van der Waals surface area contributed by atoms with Crippen LogP contribution in [-0.2, 0) is 13.5 Å². The Morgan fingerprint density at radius 1 is 1.47 bits per heavy atom. The SMILES string of the molecule is CC(=O)c1cc(Br)ccc1OCCc1cnn(C)c1. The van der Waals surface area contributed by atoms with Gasteiger partial charge in [0, 0.05) is 24.1 Å². The maximum Gasteiger partial charge on any atom is 0.163 e. The first-order chi connectivity index (χ1) is 9.06. The molecule has 1 aromatic carbocycles. The van der Waals surface area contributed by atoms with Crippen molar-refractivity contribution in [2.45, 2.75) is 13.3 Å². The molecule has 0 radical (unpaired) electrons. The van der Waals surface area contributed by atoms with E-state index in [9.17, 15) is 4.79 Å². The molecule has 0 saturated heterocycles. The molecule has 5 heteroatoms. The highest BCUT2D eigenvalue weighted by atomic mass is 79.9. The van der Waals surface area contributed by atoms with Gasteiger partial charge in [-0.3, -0.25) is 9.48 Å². The van der Waals surface area contributed by atoms with E-state index < -0.39 is 0 Å². The Bertz CT molecular complexity index is 593. The second-order valence-corrected chi connectivity index (χ2v) is 5.23. The van der Waals surface area contributed by atoms with E-state index >= 15 is 0 Å². The predicted octanol–water partition coefficient (Wildman–Crippen LogP) is 3.01. The number of rotatable bonds is 5. The maximum atomic E-state index is 11.5. The van der Waals surface area contributed by atoms with Gasteiger partial charge in [-0.25, -0.2) is 0 Å². The van der Waals surface area contributed by atoms with Crippen LogP contribution in [0.3, 0.4) is 0 Å². The van der Waals surface area contributed by atoms with Gasteiger partial charge in [0.2, 0.25) is 0 Å². The monoisotopic (exact) mass is 322 g/mol. The van der Waals surface area contributed by atoms with Gasteiger partial charge < -0.3 is 4.74 Å². The summed E-state index contributed by atoms with van der Waals surface area (Å²) < 4.78 is 8.32. The molecule has 4 nitrogen and oxygen atoms in total. The second kappa shape index (κ2) is 6.02. The van der Waals surface area contributed by atoms with E-state index in [1.165, 1.54) is 6.92 Å². The Morgan fingerprint density at radius 2 is 2.26 bits per heavy atom. The predicted molar refractivity (Wildman–Crippen MR) is 76.6 cm³/mol. The molecule has 0 N–H and O–H groups in total. The summed E-state index contributed by atoms with van der Waals surface area (Å²) in [5, 5.41) is 4.10. The fourth-order valence-electron chi connectivity index (χ4n) is 1.78. The van der Waals surface area contributed by atoms with E-state index in [2.05, 4.69) is 21.0 Å². The van der Waals surface area contributed by atoms with Crippen LogP contribution in [0.15, 0.2) is 35.1 Å². The number of nitrogens with zero attached hydrogens (tertiary/aromatic N) is 2. The minimum atomic E-state index is -0.00215. The lowest BCUT2D eigenvalue weighted by Gasteiger charge is -2.09. The molecular formula is C14H15BrN2O2. The van der Waals surface area contributed by atoms with Crippen LogP contribution < -0.4 is 4.74 Å². The number of halogens is 1. The summed E-state index contributed by atoms with van der Waals surface area (Å²) in [5.74, 6) is 0.622. The lowest BCUT2D eigenvalue weighted by molar-refractivity contribution is 0.101. The number of aryl methyl sites for hydroxylation is 1. The van der Waals surface area contributed by atoms with Gasteiger partial charge in [0.15, 0.2) is 5.78 Å². The van der Waals surface area contributed by atoms with Crippen LogP contribution in [-0.4, -0.2) is 22.2 Å². The zero-order chi connectivity index (χ0) is 13.8. The Labute approximate surface area is 120 Å². The molecule has 0 amide bonds. The van der Waals surface area contributed by atoms with Crippen molar-refractivity contribution in [2.75, 3.05) is 6.61 Å². The molecule has 0 aliphatic rings. The summed E-state index contributed by atoms with van der Waals surface area (Å²) in [6.45, 7) is 2.06. The molecule has 0 spiro atoms. The summed E-state index contributed by atoms with van der Waals surface area (Å²) in [7, 11) is 1.88. The van der Waals surface area contributed by atoms with Crippen molar-refractivity contribution >= 4 is 21.7 Å². The largest absolute Gasteiger partial charge is 0.492 e. The molecule has 1 heterocycles. The zero-order valence-electron chi connectivity index (χ0n) is 10.9. The van der Waals surface area contributed by atoms with Crippen LogP contribution in [0.4, 0.5) is 0 Å². The number of hydrogen-bond donors (Lipinski definition) is 0. The number of hydrogen-bond acceptors (Lipinski definition) is 3. The molecule has 0 fully saturated rings. The van der Waals surface area contributed by atoms with Crippen LogP contribution in [0.1, 0.15) is 22.8 Å². The quantitative estimate of drug-likeness (QED) is 0.795. The minimum Gasteiger partial charge on any atom is -0.492 e. The topological polar surface area (TPSA) is 44.1 Å². The van der Waals surface area contributed by atoms with E-state index in [1.807, 2.05) is 31.6 Å². The molecule has 1 aromatic heterocycles. The van der Waals surface area contributed by atoms with E-state index in [0.29, 0.717) is 17.9 Å². The molecule has 2 rings (SSSR count). The summed E-state index contributed by atoms with van der Waals surface area (Å²) in [6, 6.07) is 5.46. The number of aromatic nitrogens is 2. The normalized spacial score (nSPS) is 10.5. The second-order valence-electron chi connectivity index (χ2n) is 4.32. The van der Waals surface area contributed by atoms with Crippen LogP contribution in [0.5, 0.6) is 5.75 Å². The fourth-order valence-corrected chi connectivity index (χ4v) is 2.14. The van der Waals surface area contributed by atoms with Crippen molar-refractivity contribution in [2.24, 2.45) is 7.05 Å². The van der Waals surface area contributed by atoms with E-state index in [0.717, 1.165) is 16.5 Å². The Balaban J connectivity index is 2.01. The van der Waals surface area contributed by atoms with E-state index in [1.54, 1.807) is 10.7 Å². The van der Waals surface area contributed by atoms with Gasteiger partial charge >= 0.3 is 0 Å². The molecule has 0 unspecified atom stereocenters. The number of ketones is 1. The van der Waals surface area contributed by atoms with Gasteiger partial charge in [0.1, 0.15) is 5.75 Å². The average molecular weight is 323 g/mol. The third-order valence-electron chi connectivity index (χ3n) is 2.73. The van der Waals surface area contributed by atoms with Crippen molar-refractivity contribution in [3.05, 3.63) is 46.2 Å². The Hall–Kier alpha value is -1.62. The van der Waals surface area contributed by atoms with Crippen molar-refractivity contribution in [1.29, 1.82) is 0 Å². The number of carbonyl (C=O) groups is 1. The number of benzene rings is 1. The molecule has 100 valence electrons. The summed E-state index contributed by atoms with van der Waals surface area (Å²) in [5.41, 5.74) is 1.71. The van der Waals surface area contributed by atoms with Crippen LogP contribution in [0.25, 0.3) is 0 Å². The average Bonchev–Trinajstić information content (AvgIpc) is 2.77. The molecule has 0 aliphatic heterocycles. The van der Waals surface area contributed by atoms with Crippen molar-refractivity contribution in [3.63, 3.8) is 0 Å². The molecule has 0 bridgehead atoms. The highest BCUT2D eigenvalue weighted by Gasteiger charge is 2.09. The fraction of sp³-hybridized carbons (Fsp3) is 0.286. The highest BCUT2D eigenvalue weighted by molar-refractivity contribution is 9.10. The van der Waals surface area contributed by atoms with E-state index in [4.69, 9.17) is 4.74 Å². The van der Waals surface area contributed by atoms with E-state index in [-0.39, 0.29) is 5.78 Å². The smallest absolute Gasteiger partial charge is 0.163 e. The first kappa shape index (κ1) is 13.8. The van der Waals surface area contributed by atoms with Crippen LogP contribution >= 0.6 is 15.9 Å². The Kier molecular flexibility index (Phi) is 4.37. The third kappa shape index (κ3) is 3.67.